The standard InChI is InChI=1S/C23H25N3O4S2/c1-14-6-4-9-19(15(14)2)24-22(28)11-31-23-25-20-12-32(29,30)13-21(20)26(23)18-8-5-7-17(10-18)16(3)27/h4-10,20-21H,11-13H2,1-3H3,(H,24,28). The van der Waals surface area contributed by atoms with Gasteiger partial charge in [0.25, 0.3) is 0 Å². The second-order valence-corrected chi connectivity index (χ2v) is 11.3. The molecule has 0 aliphatic carbocycles. The molecule has 0 saturated carbocycles. The molecule has 2 heterocycles. The lowest BCUT2D eigenvalue weighted by atomic mass is 10.1. The van der Waals surface area contributed by atoms with Gasteiger partial charge in [0.15, 0.2) is 20.8 Å². The van der Waals surface area contributed by atoms with E-state index in [0.29, 0.717) is 16.4 Å². The maximum atomic E-state index is 12.6. The third kappa shape index (κ3) is 4.59. The Hall–Kier alpha value is -2.65. The number of nitrogens with zero attached hydrogens (tertiary/aromatic N) is 2. The zero-order chi connectivity index (χ0) is 23.0. The molecular formula is C23H25N3O4S2. The third-order valence-electron chi connectivity index (χ3n) is 5.85. The summed E-state index contributed by atoms with van der Waals surface area (Å²) in [6.07, 6.45) is 0. The summed E-state index contributed by atoms with van der Waals surface area (Å²) < 4.78 is 24.4. The largest absolute Gasteiger partial charge is 0.325 e. The quantitative estimate of drug-likeness (QED) is 0.673. The minimum Gasteiger partial charge on any atom is -0.325 e. The Bertz CT molecular complexity index is 1220. The first kappa shape index (κ1) is 22.5. The number of amidine groups is 1. The fourth-order valence-electron chi connectivity index (χ4n) is 4.01. The topological polar surface area (TPSA) is 95.9 Å². The molecule has 168 valence electrons. The summed E-state index contributed by atoms with van der Waals surface area (Å²) in [6, 6.07) is 12.2. The van der Waals surface area contributed by atoms with Crippen molar-refractivity contribution in [3.8, 4) is 0 Å². The summed E-state index contributed by atoms with van der Waals surface area (Å²) in [7, 11) is -3.18. The number of nitrogens with one attached hydrogen (secondary N) is 1. The number of ketones is 1. The molecule has 0 spiro atoms. The van der Waals surface area contributed by atoms with E-state index in [-0.39, 0.29) is 41.0 Å². The molecule has 0 aromatic heterocycles. The molecule has 1 amide bonds. The molecule has 1 N–H and O–H groups in total. The normalized spacial score (nSPS) is 21.2. The van der Waals surface area contributed by atoms with Crippen molar-refractivity contribution < 1.29 is 18.0 Å². The summed E-state index contributed by atoms with van der Waals surface area (Å²) in [5.74, 6) is -0.0839. The highest BCUT2D eigenvalue weighted by atomic mass is 32.2. The molecule has 2 aliphatic rings. The predicted molar refractivity (Wildman–Crippen MR) is 130 cm³/mol. The molecule has 2 aromatic rings. The van der Waals surface area contributed by atoms with Gasteiger partial charge in [-0.3, -0.25) is 14.6 Å². The van der Waals surface area contributed by atoms with Crippen LogP contribution in [0.15, 0.2) is 47.5 Å². The number of hydrogen-bond donors (Lipinski definition) is 1. The van der Waals surface area contributed by atoms with Crippen LogP contribution in [0.2, 0.25) is 0 Å². The lowest BCUT2D eigenvalue weighted by Gasteiger charge is -2.26. The number of aryl methyl sites for hydroxylation is 1. The van der Waals surface area contributed by atoms with Gasteiger partial charge >= 0.3 is 0 Å². The summed E-state index contributed by atoms with van der Waals surface area (Å²) in [5.41, 5.74) is 4.15. The van der Waals surface area contributed by atoms with Gasteiger partial charge in [0, 0.05) is 16.9 Å². The van der Waals surface area contributed by atoms with Gasteiger partial charge in [-0.1, -0.05) is 36.0 Å². The van der Waals surface area contributed by atoms with E-state index in [2.05, 4.69) is 10.3 Å². The SMILES string of the molecule is CC(=O)c1cccc(N2C(SCC(=O)Nc3cccc(C)c3C)=NC3CS(=O)(=O)CC32)c1. The van der Waals surface area contributed by atoms with Gasteiger partial charge in [0.05, 0.1) is 29.3 Å². The summed E-state index contributed by atoms with van der Waals surface area (Å²) in [5, 5.41) is 3.55. The van der Waals surface area contributed by atoms with Crippen LogP contribution in [-0.2, 0) is 14.6 Å². The van der Waals surface area contributed by atoms with Gasteiger partial charge in [0.2, 0.25) is 5.91 Å². The van der Waals surface area contributed by atoms with E-state index >= 15 is 0 Å². The number of carbonyl (C=O) groups is 2. The minimum atomic E-state index is -3.18. The van der Waals surface area contributed by atoms with Gasteiger partial charge < -0.3 is 10.2 Å². The maximum absolute atomic E-state index is 12.6. The van der Waals surface area contributed by atoms with Crippen LogP contribution >= 0.6 is 11.8 Å². The molecule has 7 nitrogen and oxygen atoms in total. The first-order valence-electron chi connectivity index (χ1n) is 10.3. The van der Waals surface area contributed by atoms with Crippen molar-refractivity contribution in [3.63, 3.8) is 0 Å². The van der Waals surface area contributed by atoms with E-state index in [1.807, 2.05) is 43.0 Å². The van der Waals surface area contributed by atoms with Gasteiger partial charge in [-0.15, -0.1) is 0 Å². The number of Topliss-reactive ketones (excluding diaryl/α,β-unsaturated/α-hetero) is 1. The monoisotopic (exact) mass is 471 g/mol. The Kier molecular flexibility index (Phi) is 6.13. The van der Waals surface area contributed by atoms with Gasteiger partial charge in [0.1, 0.15) is 0 Å². The van der Waals surface area contributed by atoms with E-state index < -0.39 is 9.84 Å². The summed E-state index contributed by atoms with van der Waals surface area (Å²) in [4.78, 5) is 31.0. The average molecular weight is 472 g/mol. The number of fused-ring (bicyclic) bond motifs is 1. The molecule has 9 heteroatoms. The highest BCUT2D eigenvalue weighted by Crippen LogP contribution is 2.35. The Balaban J connectivity index is 1.54. The van der Waals surface area contributed by atoms with Crippen molar-refractivity contribution in [2.24, 2.45) is 4.99 Å². The van der Waals surface area contributed by atoms with Crippen LogP contribution < -0.4 is 10.2 Å². The highest BCUT2D eigenvalue weighted by Gasteiger charge is 2.47. The molecular weight excluding hydrogens is 446 g/mol. The summed E-state index contributed by atoms with van der Waals surface area (Å²) >= 11 is 1.28. The van der Waals surface area contributed by atoms with Crippen LogP contribution in [0.1, 0.15) is 28.4 Å². The Morgan fingerprint density at radius 2 is 1.91 bits per heavy atom. The lowest BCUT2D eigenvalue weighted by molar-refractivity contribution is -0.113. The predicted octanol–water partition coefficient (Wildman–Crippen LogP) is 3.22. The number of carbonyl (C=O) groups excluding carboxylic acids is 2. The van der Waals surface area contributed by atoms with E-state index in [1.165, 1.54) is 18.7 Å². The maximum Gasteiger partial charge on any atom is 0.234 e. The van der Waals surface area contributed by atoms with Gasteiger partial charge in [-0.2, -0.15) is 0 Å². The van der Waals surface area contributed by atoms with Crippen LogP contribution in [0.5, 0.6) is 0 Å². The Morgan fingerprint density at radius 3 is 2.66 bits per heavy atom. The van der Waals surface area contributed by atoms with Crippen LogP contribution in [0.25, 0.3) is 0 Å². The summed E-state index contributed by atoms with van der Waals surface area (Å²) in [6.45, 7) is 5.45. The zero-order valence-corrected chi connectivity index (χ0v) is 19.8. The van der Waals surface area contributed by atoms with Crippen LogP contribution in [0.4, 0.5) is 11.4 Å². The Labute approximate surface area is 192 Å². The van der Waals surface area contributed by atoms with Crippen LogP contribution in [0.3, 0.4) is 0 Å². The van der Waals surface area contributed by atoms with E-state index in [0.717, 1.165) is 16.8 Å². The number of sulfone groups is 1. The minimum absolute atomic E-state index is 0.000685. The number of benzene rings is 2. The average Bonchev–Trinajstić information content (AvgIpc) is 3.21. The van der Waals surface area contributed by atoms with Crippen molar-refractivity contribution in [2.45, 2.75) is 32.9 Å². The molecule has 2 aromatic carbocycles. The van der Waals surface area contributed by atoms with Crippen LogP contribution in [-0.4, -0.2) is 54.6 Å². The first-order chi connectivity index (χ1) is 15.1. The molecule has 2 unspecified atom stereocenters. The smallest absolute Gasteiger partial charge is 0.234 e. The highest BCUT2D eigenvalue weighted by molar-refractivity contribution is 8.14. The fourth-order valence-corrected chi connectivity index (χ4v) is 6.78. The molecule has 1 saturated heterocycles. The zero-order valence-electron chi connectivity index (χ0n) is 18.2. The lowest BCUT2D eigenvalue weighted by Crippen LogP contribution is -2.39. The molecule has 0 radical (unpaired) electrons. The van der Waals surface area contributed by atoms with Crippen molar-refractivity contribution in [2.75, 3.05) is 27.5 Å². The first-order valence-corrected chi connectivity index (χ1v) is 13.1. The second-order valence-electron chi connectivity index (χ2n) is 8.18. The molecule has 2 aliphatic heterocycles. The number of anilines is 2. The molecule has 2 atom stereocenters. The second kappa shape index (κ2) is 8.71. The van der Waals surface area contributed by atoms with Gasteiger partial charge in [-0.25, -0.2) is 8.42 Å². The number of amides is 1. The van der Waals surface area contributed by atoms with E-state index in [4.69, 9.17) is 0 Å². The number of thioether (sulfide) groups is 1. The van der Waals surface area contributed by atoms with Crippen molar-refractivity contribution in [1.29, 1.82) is 0 Å². The van der Waals surface area contributed by atoms with E-state index in [1.54, 1.807) is 18.2 Å². The molecule has 1 fully saturated rings. The Morgan fingerprint density at radius 1 is 1.16 bits per heavy atom. The molecule has 4 rings (SSSR count). The number of aliphatic imine (C=N–C) groups is 1. The number of hydrogen-bond acceptors (Lipinski definition) is 7. The molecule has 0 bridgehead atoms. The van der Waals surface area contributed by atoms with Gasteiger partial charge in [-0.05, 0) is 50.1 Å². The van der Waals surface area contributed by atoms with Crippen molar-refractivity contribution >= 4 is 49.8 Å². The fraction of sp³-hybridized carbons (Fsp3) is 0.348. The van der Waals surface area contributed by atoms with Crippen molar-refractivity contribution in [1.82, 2.24) is 0 Å². The molecule has 32 heavy (non-hydrogen) atoms. The van der Waals surface area contributed by atoms with Crippen molar-refractivity contribution in [3.05, 3.63) is 59.2 Å². The van der Waals surface area contributed by atoms with E-state index in [9.17, 15) is 18.0 Å². The number of rotatable bonds is 5. The van der Waals surface area contributed by atoms with Crippen LogP contribution in [0, 0.1) is 13.8 Å². The third-order valence-corrected chi connectivity index (χ3v) is 8.52.